The molecule has 4 amide bonds. The molecule has 5 rings (SSSR count). The Kier molecular flexibility index (Phi) is 11.0. The molecule has 3 N–H and O–H groups in total. The van der Waals surface area contributed by atoms with Crippen molar-refractivity contribution < 1.29 is 33.0 Å². The molecule has 0 spiro atoms. The molecule has 1 saturated heterocycles. The summed E-state index contributed by atoms with van der Waals surface area (Å²) in [5.74, 6) is -1.75. The molecule has 3 aromatic carbocycles. The van der Waals surface area contributed by atoms with Gasteiger partial charge >= 0.3 is 0 Å². The Balaban J connectivity index is 1.38. The van der Waals surface area contributed by atoms with Crippen LogP contribution in [0.15, 0.2) is 78.9 Å². The number of hydrogen-bond acceptors (Lipinski definition) is 6. The summed E-state index contributed by atoms with van der Waals surface area (Å²) in [6, 6.07) is 21.2. The Morgan fingerprint density at radius 1 is 0.957 bits per heavy atom. The first-order valence-corrected chi connectivity index (χ1v) is 15.6. The van der Waals surface area contributed by atoms with Gasteiger partial charge in [0.1, 0.15) is 24.2 Å². The van der Waals surface area contributed by atoms with Gasteiger partial charge in [-0.1, -0.05) is 54.6 Å². The number of benzene rings is 3. The lowest BCUT2D eigenvalue weighted by Gasteiger charge is -2.38. The quantitative estimate of drug-likeness (QED) is 0.385. The van der Waals surface area contributed by atoms with Crippen LogP contribution in [0.25, 0.3) is 0 Å². The van der Waals surface area contributed by atoms with Crippen molar-refractivity contribution in [1.82, 2.24) is 20.9 Å². The number of fused-ring (bicyclic) bond motifs is 1. The van der Waals surface area contributed by atoms with Gasteiger partial charge in [0.15, 0.2) is 0 Å². The predicted octanol–water partition coefficient (Wildman–Crippen LogP) is 3.11. The summed E-state index contributed by atoms with van der Waals surface area (Å²) < 4.78 is 25.6. The number of halogens is 1. The molecule has 2 aliphatic heterocycles. The number of nitrogens with zero attached hydrogens (tertiary/aromatic N) is 1. The molecule has 242 valence electrons. The van der Waals surface area contributed by atoms with Gasteiger partial charge in [-0.15, -0.1) is 0 Å². The zero-order chi connectivity index (χ0) is 32.4. The van der Waals surface area contributed by atoms with E-state index in [1.54, 1.807) is 30.3 Å². The van der Waals surface area contributed by atoms with Gasteiger partial charge in [-0.2, -0.15) is 0 Å². The fourth-order valence-electron chi connectivity index (χ4n) is 5.86. The van der Waals surface area contributed by atoms with Crippen LogP contribution in [0.5, 0.6) is 5.75 Å². The summed E-state index contributed by atoms with van der Waals surface area (Å²) in [5.41, 5.74) is 1.27. The molecule has 1 atom stereocenters. The molecule has 0 aromatic heterocycles. The van der Waals surface area contributed by atoms with Gasteiger partial charge < -0.3 is 30.3 Å². The van der Waals surface area contributed by atoms with Crippen LogP contribution in [0.2, 0.25) is 0 Å². The van der Waals surface area contributed by atoms with Crippen molar-refractivity contribution in [3.63, 3.8) is 0 Å². The molecule has 0 unspecified atom stereocenters. The first kappa shape index (κ1) is 32.6. The molecule has 3 aromatic rings. The molecule has 2 aliphatic rings. The predicted molar refractivity (Wildman–Crippen MR) is 168 cm³/mol. The number of nitrogens with one attached hydrogen (secondary N) is 3. The van der Waals surface area contributed by atoms with Gasteiger partial charge in [-0.25, -0.2) is 4.39 Å². The molecule has 11 heteroatoms. The fraction of sp³-hybridized carbons (Fsp3) is 0.371. The minimum absolute atomic E-state index is 0.0115. The van der Waals surface area contributed by atoms with Gasteiger partial charge in [-0.05, 0) is 54.7 Å². The van der Waals surface area contributed by atoms with Crippen LogP contribution in [0.4, 0.5) is 4.39 Å². The maximum absolute atomic E-state index is 14.2. The number of para-hydroxylation sites is 1. The van der Waals surface area contributed by atoms with E-state index in [4.69, 9.17) is 9.47 Å². The second kappa shape index (κ2) is 15.5. The molecule has 0 saturated carbocycles. The van der Waals surface area contributed by atoms with E-state index in [-0.39, 0.29) is 68.8 Å². The maximum Gasteiger partial charge on any atom is 0.255 e. The molecule has 1 fully saturated rings. The van der Waals surface area contributed by atoms with E-state index in [0.29, 0.717) is 31.8 Å². The highest BCUT2D eigenvalue weighted by Gasteiger charge is 2.36. The third-order valence-electron chi connectivity index (χ3n) is 8.47. The van der Waals surface area contributed by atoms with Crippen LogP contribution in [0.1, 0.15) is 47.2 Å². The average Bonchev–Trinajstić information content (AvgIpc) is 3.08. The summed E-state index contributed by atoms with van der Waals surface area (Å²) in [7, 11) is 0. The molecular weight excluding hydrogens is 591 g/mol. The van der Waals surface area contributed by atoms with Crippen LogP contribution >= 0.6 is 0 Å². The van der Waals surface area contributed by atoms with Crippen LogP contribution in [-0.4, -0.2) is 74.0 Å². The lowest BCUT2D eigenvalue weighted by Crippen LogP contribution is -2.51. The van der Waals surface area contributed by atoms with Crippen molar-refractivity contribution >= 4 is 23.6 Å². The highest BCUT2D eigenvalue weighted by atomic mass is 19.1. The van der Waals surface area contributed by atoms with Crippen molar-refractivity contribution in [3.05, 3.63) is 101 Å². The Morgan fingerprint density at radius 2 is 1.72 bits per heavy atom. The topological polar surface area (TPSA) is 126 Å². The van der Waals surface area contributed by atoms with Gasteiger partial charge in [-0.3, -0.25) is 19.2 Å². The summed E-state index contributed by atoms with van der Waals surface area (Å²) in [5, 5.41) is 8.58. The number of rotatable bonds is 6. The van der Waals surface area contributed by atoms with Crippen molar-refractivity contribution in [3.8, 4) is 5.75 Å². The van der Waals surface area contributed by atoms with E-state index in [2.05, 4.69) is 16.0 Å². The average molecular weight is 631 g/mol. The van der Waals surface area contributed by atoms with Crippen molar-refractivity contribution in [1.29, 1.82) is 0 Å². The van der Waals surface area contributed by atoms with E-state index in [1.807, 2.05) is 36.4 Å². The van der Waals surface area contributed by atoms with E-state index < -0.39 is 23.3 Å². The highest BCUT2D eigenvalue weighted by molar-refractivity contribution is 5.99. The second-order valence-electron chi connectivity index (χ2n) is 11.6. The minimum Gasteiger partial charge on any atom is -0.491 e. The number of hydrogen-bond donors (Lipinski definition) is 3. The van der Waals surface area contributed by atoms with Crippen LogP contribution in [-0.2, 0) is 31.1 Å². The standard InChI is InChI=1S/C35H39FN4O6/c36-27-10-6-9-26(21-27)35(15-18-45-19-16-35)24-38-34(44)29-13-14-32(42)40(22-25-7-2-1-3-8-25)23-31(41)37-17-20-46-30-12-5-4-11-28(30)33(43)39-29/h1-12,21,29H,13-20,22-24H2,(H,37,41)(H,38,44)(H,39,43)/t29-/m0/s1. The molecule has 0 bridgehead atoms. The zero-order valence-corrected chi connectivity index (χ0v) is 25.6. The van der Waals surface area contributed by atoms with Gasteiger partial charge in [0, 0.05) is 38.1 Å². The van der Waals surface area contributed by atoms with Crippen molar-refractivity contribution in [2.45, 2.75) is 43.7 Å². The largest absolute Gasteiger partial charge is 0.491 e. The summed E-state index contributed by atoms with van der Waals surface area (Å²) in [6.07, 6.45) is 1.04. The lowest BCUT2D eigenvalue weighted by molar-refractivity contribution is -0.137. The molecule has 2 heterocycles. The molecule has 46 heavy (non-hydrogen) atoms. The van der Waals surface area contributed by atoms with Crippen molar-refractivity contribution in [2.24, 2.45) is 0 Å². The number of amides is 4. The Labute approximate surface area is 267 Å². The Bertz CT molecular complexity index is 1530. The first-order valence-electron chi connectivity index (χ1n) is 15.6. The monoisotopic (exact) mass is 630 g/mol. The summed E-state index contributed by atoms with van der Waals surface area (Å²) in [4.78, 5) is 55.2. The molecule has 0 radical (unpaired) electrons. The third-order valence-corrected chi connectivity index (χ3v) is 8.47. The van der Waals surface area contributed by atoms with Crippen LogP contribution in [0.3, 0.4) is 0 Å². The van der Waals surface area contributed by atoms with Crippen LogP contribution in [0, 0.1) is 5.82 Å². The second-order valence-corrected chi connectivity index (χ2v) is 11.6. The van der Waals surface area contributed by atoms with Gasteiger partial charge in [0.05, 0.1) is 18.7 Å². The minimum atomic E-state index is -1.08. The normalized spacial score (nSPS) is 19.4. The Morgan fingerprint density at radius 3 is 2.50 bits per heavy atom. The molecule has 0 aliphatic carbocycles. The zero-order valence-electron chi connectivity index (χ0n) is 25.6. The van der Waals surface area contributed by atoms with Crippen LogP contribution < -0.4 is 20.7 Å². The van der Waals surface area contributed by atoms with E-state index in [0.717, 1.165) is 11.1 Å². The number of ether oxygens (including phenoxy) is 2. The third kappa shape index (κ3) is 8.48. The highest BCUT2D eigenvalue weighted by Crippen LogP contribution is 2.34. The number of carbonyl (C=O) groups is 4. The van der Waals surface area contributed by atoms with Gasteiger partial charge in [0.25, 0.3) is 5.91 Å². The summed E-state index contributed by atoms with van der Waals surface area (Å²) >= 11 is 0. The van der Waals surface area contributed by atoms with E-state index in [1.165, 1.54) is 17.0 Å². The first-order chi connectivity index (χ1) is 22.3. The lowest BCUT2D eigenvalue weighted by atomic mass is 9.74. The molecule has 10 nitrogen and oxygen atoms in total. The van der Waals surface area contributed by atoms with E-state index >= 15 is 0 Å². The van der Waals surface area contributed by atoms with Gasteiger partial charge in [0.2, 0.25) is 17.7 Å². The SMILES string of the molecule is O=C1CN(Cc2ccccc2)C(=O)CC[C@@H](C(=O)NCC2(c3cccc(F)c3)CCOCC2)NC(=O)c2ccccc2OCCN1. The number of carbonyl (C=O) groups excluding carboxylic acids is 4. The molecular formula is C35H39FN4O6. The smallest absolute Gasteiger partial charge is 0.255 e. The summed E-state index contributed by atoms with van der Waals surface area (Å²) in [6.45, 7) is 1.41. The Hall–Kier alpha value is -4.77. The van der Waals surface area contributed by atoms with E-state index in [9.17, 15) is 23.6 Å². The van der Waals surface area contributed by atoms with Crippen molar-refractivity contribution in [2.75, 3.05) is 39.5 Å². The maximum atomic E-state index is 14.2. The fourth-order valence-corrected chi connectivity index (χ4v) is 5.86.